The van der Waals surface area contributed by atoms with Gasteiger partial charge in [0.15, 0.2) is 0 Å². The van der Waals surface area contributed by atoms with Crippen molar-refractivity contribution in [3.8, 4) is 5.69 Å². The number of hydrogen-bond acceptors (Lipinski definition) is 5. The number of rotatable bonds is 4. The summed E-state index contributed by atoms with van der Waals surface area (Å²) in [6.07, 6.45) is -4.41. The van der Waals surface area contributed by atoms with Crippen molar-refractivity contribution in [3.63, 3.8) is 0 Å². The number of carbonyl (C=O) groups is 1. The van der Waals surface area contributed by atoms with Crippen LogP contribution < -0.4 is 10.6 Å². The average Bonchev–Trinajstić information content (AvgIpc) is 3.13. The monoisotopic (exact) mass is 466 g/mol. The molecule has 1 aliphatic rings. The standard InChI is InChI=1S/C20H18ClF3N6O2/c21-16-6-1-2-7-17(16)30-19(32)29(25-26-30)13-18(31)28-10-8-27(9-11-28)15-5-3-4-14(12-15)20(22,23)24/h1-7,12H,8-11,13H2. The topological polar surface area (TPSA) is 76.3 Å². The number of carbonyl (C=O) groups excluding carboxylic acids is 1. The molecule has 2 heterocycles. The molecule has 1 fully saturated rings. The van der Waals surface area contributed by atoms with Crippen molar-refractivity contribution in [2.45, 2.75) is 12.7 Å². The van der Waals surface area contributed by atoms with Crippen molar-refractivity contribution in [3.05, 3.63) is 69.6 Å². The Morgan fingerprint density at radius 1 is 1.00 bits per heavy atom. The third-order valence-electron chi connectivity index (χ3n) is 5.18. The van der Waals surface area contributed by atoms with E-state index in [4.69, 9.17) is 11.6 Å². The van der Waals surface area contributed by atoms with Crippen LogP contribution in [0.1, 0.15) is 5.56 Å². The van der Waals surface area contributed by atoms with Gasteiger partial charge in [0.25, 0.3) is 0 Å². The summed E-state index contributed by atoms with van der Waals surface area (Å²) in [5, 5.41) is 7.86. The summed E-state index contributed by atoms with van der Waals surface area (Å²) in [4.78, 5) is 28.6. The molecule has 8 nitrogen and oxygen atoms in total. The molecular weight excluding hydrogens is 449 g/mol. The van der Waals surface area contributed by atoms with Gasteiger partial charge in [0.1, 0.15) is 6.54 Å². The summed E-state index contributed by atoms with van der Waals surface area (Å²) in [6.45, 7) is 1.06. The maximum absolute atomic E-state index is 13.0. The molecule has 0 N–H and O–H groups in total. The van der Waals surface area contributed by atoms with Crippen molar-refractivity contribution in [1.82, 2.24) is 24.7 Å². The van der Waals surface area contributed by atoms with Gasteiger partial charge in [-0.3, -0.25) is 4.79 Å². The van der Waals surface area contributed by atoms with E-state index >= 15 is 0 Å². The van der Waals surface area contributed by atoms with Crippen LogP contribution in [0.3, 0.4) is 0 Å². The minimum atomic E-state index is -4.41. The first-order valence-electron chi connectivity index (χ1n) is 9.72. The molecule has 3 aromatic rings. The van der Waals surface area contributed by atoms with Gasteiger partial charge in [-0.05, 0) is 40.8 Å². The second-order valence-corrected chi connectivity index (χ2v) is 7.61. The largest absolute Gasteiger partial charge is 0.416 e. The first-order valence-corrected chi connectivity index (χ1v) is 10.1. The number of halogens is 4. The molecule has 4 rings (SSSR count). The van der Waals surface area contributed by atoms with E-state index in [1.165, 1.54) is 6.07 Å². The molecule has 32 heavy (non-hydrogen) atoms. The Morgan fingerprint density at radius 3 is 2.41 bits per heavy atom. The number of tetrazole rings is 1. The van der Waals surface area contributed by atoms with Crippen molar-refractivity contribution >= 4 is 23.2 Å². The maximum Gasteiger partial charge on any atom is 0.416 e. The van der Waals surface area contributed by atoms with Crippen LogP contribution in [0.4, 0.5) is 18.9 Å². The van der Waals surface area contributed by atoms with Crippen LogP contribution in [0, 0.1) is 0 Å². The smallest absolute Gasteiger partial charge is 0.368 e. The van der Waals surface area contributed by atoms with Crippen LogP contribution in [0.15, 0.2) is 53.3 Å². The van der Waals surface area contributed by atoms with E-state index in [1.807, 2.05) is 0 Å². The number of hydrogen-bond donors (Lipinski definition) is 0. The second kappa shape index (κ2) is 8.65. The summed E-state index contributed by atoms with van der Waals surface area (Å²) < 4.78 is 40.8. The van der Waals surface area contributed by atoms with Crippen LogP contribution in [-0.2, 0) is 17.5 Å². The number of amides is 1. The Hall–Kier alpha value is -3.34. The fourth-order valence-corrected chi connectivity index (χ4v) is 3.69. The van der Waals surface area contributed by atoms with Crippen LogP contribution in [0.2, 0.25) is 5.02 Å². The molecule has 2 aromatic carbocycles. The lowest BCUT2D eigenvalue weighted by Crippen LogP contribution is -2.50. The number of alkyl halides is 3. The molecule has 1 saturated heterocycles. The number of benzene rings is 2. The van der Waals surface area contributed by atoms with Crippen LogP contribution in [0.25, 0.3) is 5.69 Å². The number of piperazine rings is 1. The van der Waals surface area contributed by atoms with Gasteiger partial charge < -0.3 is 9.80 Å². The first kappa shape index (κ1) is 21.9. The van der Waals surface area contributed by atoms with Crippen LogP contribution in [0.5, 0.6) is 0 Å². The highest BCUT2D eigenvalue weighted by atomic mass is 35.5. The molecule has 1 amide bonds. The summed E-state index contributed by atoms with van der Waals surface area (Å²) in [7, 11) is 0. The Balaban J connectivity index is 1.40. The molecule has 0 atom stereocenters. The van der Waals surface area contributed by atoms with Gasteiger partial charge in [0, 0.05) is 31.9 Å². The summed E-state index contributed by atoms with van der Waals surface area (Å²) >= 11 is 6.09. The predicted octanol–water partition coefficient (Wildman–Crippen LogP) is 2.45. The summed E-state index contributed by atoms with van der Waals surface area (Å²) in [6, 6.07) is 11.7. The molecule has 168 valence electrons. The normalized spacial score (nSPS) is 14.6. The number of para-hydroxylation sites is 1. The highest BCUT2D eigenvalue weighted by molar-refractivity contribution is 6.32. The third kappa shape index (κ3) is 4.47. The van der Waals surface area contributed by atoms with E-state index < -0.39 is 17.4 Å². The summed E-state index contributed by atoms with van der Waals surface area (Å²) in [5.41, 5.74) is -0.512. The molecule has 0 saturated carbocycles. The number of aromatic nitrogens is 4. The van der Waals surface area contributed by atoms with Crippen molar-refractivity contribution < 1.29 is 18.0 Å². The molecule has 0 spiro atoms. The Labute approximate surface area is 185 Å². The molecule has 0 aliphatic carbocycles. The molecule has 1 aliphatic heterocycles. The molecule has 0 radical (unpaired) electrons. The minimum Gasteiger partial charge on any atom is -0.368 e. The average molecular weight is 467 g/mol. The second-order valence-electron chi connectivity index (χ2n) is 7.20. The zero-order chi connectivity index (χ0) is 22.9. The van der Waals surface area contributed by atoms with Crippen LogP contribution in [-0.4, -0.2) is 56.8 Å². The quantitative estimate of drug-likeness (QED) is 0.590. The molecule has 0 bridgehead atoms. The fourth-order valence-electron chi connectivity index (χ4n) is 3.47. The zero-order valence-corrected chi connectivity index (χ0v) is 17.4. The summed E-state index contributed by atoms with van der Waals surface area (Å²) in [5.74, 6) is -0.331. The van der Waals surface area contributed by atoms with Crippen molar-refractivity contribution in [2.24, 2.45) is 0 Å². The van der Waals surface area contributed by atoms with Gasteiger partial charge in [-0.2, -0.15) is 22.5 Å². The van der Waals surface area contributed by atoms with Gasteiger partial charge in [0.05, 0.1) is 16.3 Å². The van der Waals surface area contributed by atoms with Crippen molar-refractivity contribution in [1.29, 1.82) is 0 Å². The lowest BCUT2D eigenvalue weighted by molar-refractivity contribution is -0.137. The van der Waals surface area contributed by atoms with E-state index in [0.717, 1.165) is 21.5 Å². The van der Waals surface area contributed by atoms with E-state index in [-0.39, 0.29) is 12.5 Å². The molecule has 0 unspecified atom stereocenters. The maximum atomic E-state index is 13.0. The number of anilines is 1. The van der Waals surface area contributed by atoms with Gasteiger partial charge >= 0.3 is 11.9 Å². The highest BCUT2D eigenvalue weighted by Gasteiger charge is 2.31. The fraction of sp³-hybridized carbons (Fsp3) is 0.300. The minimum absolute atomic E-state index is 0.299. The van der Waals surface area contributed by atoms with Gasteiger partial charge in [-0.1, -0.05) is 29.8 Å². The first-order chi connectivity index (χ1) is 15.2. The molecule has 12 heteroatoms. The number of nitrogens with zero attached hydrogens (tertiary/aromatic N) is 6. The Bertz CT molecular complexity index is 1180. The Kier molecular flexibility index (Phi) is 5.92. The third-order valence-corrected chi connectivity index (χ3v) is 5.50. The lowest BCUT2D eigenvalue weighted by Gasteiger charge is -2.36. The SMILES string of the molecule is O=C(Cn1nnn(-c2ccccc2Cl)c1=O)N1CCN(c2cccc(C(F)(F)F)c2)CC1. The molecular formula is C20H18ClF3N6O2. The predicted molar refractivity (Wildman–Crippen MR) is 111 cm³/mol. The van der Waals surface area contributed by atoms with E-state index in [2.05, 4.69) is 10.4 Å². The van der Waals surface area contributed by atoms with Gasteiger partial charge in [-0.15, -0.1) is 0 Å². The van der Waals surface area contributed by atoms with Gasteiger partial charge in [0.2, 0.25) is 5.91 Å². The Morgan fingerprint density at radius 2 is 1.72 bits per heavy atom. The van der Waals surface area contributed by atoms with E-state index in [1.54, 1.807) is 40.1 Å². The van der Waals surface area contributed by atoms with Gasteiger partial charge in [-0.25, -0.2) is 4.79 Å². The van der Waals surface area contributed by atoms with Crippen molar-refractivity contribution in [2.75, 3.05) is 31.1 Å². The van der Waals surface area contributed by atoms with E-state index in [9.17, 15) is 22.8 Å². The highest BCUT2D eigenvalue weighted by Crippen LogP contribution is 2.31. The molecule has 1 aromatic heterocycles. The zero-order valence-electron chi connectivity index (χ0n) is 16.7. The van der Waals surface area contributed by atoms with Crippen LogP contribution >= 0.6 is 11.6 Å². The van der Waals surface area contributed by atoms with E-state index in [0.29, 0.717) is 42.6 Å². The lowest BCUT2D eigenvalue weighted by atomic mass is 10.1.